The molecular formula is C16H14FNO5. The molecule has 2 heterocycles. The number of pyridine rings is 1. The van der Waals surface area contributed by atoms with Crippen LogP contribution in [0.3, 0.4) is 0 Å². The smallest absolute Gasteiger partial charge is 0.341 e. The Kier molecular flexibility index (Phi) is 3.43. The highest BCUT2D eigenvalue weighted by Gasteiger charge is 2.29. The number of hydrogen-bond acceptors (Lipinski definition) is 4. The quantitative estimate of drug-likeness (QED) is 0.878. The van der Waals surface area contributed by atoms with E-state index in [1.165, 1.54) is 6.20 Å². The molecule has 0 fully saturated rings. The molecule has 1 aromatic carbocycles. The van der Waals surface area contributed by atoms with Crippen LogP contribution in [0.25, 0.3) is 10.9 Å². The Hall–Kier alpha value is -2.70. The lowest BCUT2D eigenvalue weighted by Crippen LogP contribution is -2.27. The van der Waals surface area contributed by atoms with Crippen molar-refractivity contribution in [2.75, 3.05) is 6.61 Å². The van der Waals surface area contributed by atoms with Crippen molar-refractivity contribution < 1.29 is 23.8 Å². The number of carbonyl (C=O) groups is 2. The van der Waals surface area contributed by atoms with Gasteiger partial charge in [-0.1, -0.05) is 6.92 Å². The van der Waals surface area contributed by atoms with Crippen LogP contribution < -0.4 is 10.2 Å². The van der Waals surface area contributed by atoms with Crippen LogP contribution in [0.15, 0.2) is 17.1 Å². The van der Waals surface area contributed by atoms with E-state index in [4.69, 9.17) is 4.74 Å². The fraction of sp³-hybridized carbons (Fsp3) is 0.312. The number of ether oxygens (including phenoxy) is 1. The Morgan fingerprint density at radius 3 is 2.78 bits per heavy atom. The summed E-state index contributed by atoms with van der Waals surface area (Å²) in [5, 5.41) is 9.08. The first-order chi connectivity index (χ1) is 10.9. The monoisotopic (exact) mass is 319 g/mol. The summed E-state index contributed by atoms with van der Waals surface area (Å²) in [4.78, 5) is 35.6. The van der Waals surface area contributed by atoms with Gasteiger partial charge in [-0.3, -0.25) is 9.59 Å². The van der Waals surface area contributed by atoms with Crippen molar-refractivity contribution >= 4 is 22.7 Å². The standard InChI is InChI=1S/C16H14FNO5/c1-3-11(19)12-10(17)4-8-13-15(12)23-6-7(2)18(13)5-9(14(8)20)16(21)22/h4-5,7H,3,6H2,1-2H3,(H,21,22)/t7-/m0/s1. The fourth-order valence-electron chi connectivity index (χ4n) is 2.81. The molecule has 1 aliphatic rings. The SMILES string of the molecule is CCC(=O)c1c(F)cc2c(=O)c(C(=O)O)cn3c2c1OC[C@@H]3C. The zero-order valence-corrected chi connectivity index (χ0v) is 12.6. The average Bonchev–Trinajstić information content (AvgIpc) is 2.51. The number of carboxylic acids is 1. The van der Waals surface area contributed by atoms with Crippen molar-refractivity contribution in [2.24, 2.45) is 0 Å². The van der Waals surface area contributed by atoms with Gasteiger partial charge in [-0.25, -0.2) is 9.18 Å². The minimum Gasteiger partial charge on any atom is -0.488 e. The molecular weight excluding hydrogens is 305 g/mol. The number of aromatic nitrogens is 1. The topological polar surface area (TPSA) is 85.6 Å². The lowest BCUT2D eigenvalue weighted by Gasteiger charge is -2.28. The average molecular weight is 319 g/mol. The van der Waals surface area contributed by atoms with Gasteiger partial charge in [0.25, 0.3) is 0 Å². The van der Waals surface area contributed by atoms with Crippen molar-refractivity contribution in [1.82, 2.24) is 4.57 Å². The van der Waals surface area contributed by atoms with Crippen LogP contribution in [0.4, 0.5) is 4.39 Å². The number of rotatable bonds is 3. The molecule has 120 valence electrons. The van der Waals surface area contributed by atoms with Gasteiger partial charge in [-0.15, -0.1) is 0 Å². The maximum absolute atomic E-state index is 14.4. The summed E-state index contributed by atoms with van der Waals surface area (Å²) >= 11 is 0. The second-order valence-corrected chi connectivity index (χ2v) is 5.48. The van der Waals surface area contributed by atoms with Gasteiger partial charge in [0, 0.05) is 12.6 Å². The third-order valence-electron chi connectivity index (χ3n) is 4.00. The summed E-state index contributed by atoms with van der Waals surface area (Å²) in [6, 6.07) is 0.674. The van der Waals surface area contributed by atoms with Gasteiger partial charge < -0.3 is 14.4 Å². The van der Waals surface area contributed by atoms with Crippen molar-refractivity contribution in [3.63, 3.8) is 0 Å². The molecule has 0 spiro atoms. The molecule has 0 bridgehead atoms. The van der Waals surface area contributed by atoms with E-state index >= 15 is 0 Å². The molecule has 0 amide bonds. The van der Waals surface area contributed by atoms with Crippen LogP contribution in [0.1, 0.15) is 47.0 Å². The van der Waals surface area contributed by atoms with Gasteiger partial charge in [-0.2, -0.15) is 0 Å². The van der Waals surface area contributed by atoms with Crippen LogP contribution in [-0.4, -0.2) is 28.0 Å². The van der Waals surface area contributed by atoms with E-state index in [9.17, 15) is 23.9 Å². The molecule has 6 nitrogen and oxygen atoms in total. The molecule has 1 aromatic heterocycles. The zero-order valence-electron chi connectivity index (χ0n) is 12.6. The van der Waals surface area contributed by atoms with Gasteiger partial charge in [0.1, 0.15) is 18.0 Å². The largest absolute Gasteiger partial charge is 0.488 e. The number of benzene rings is 1. The summed E-state index contributed by atoms with van der Waals surface area (Å²) in [5.74, 6) is -2.68. The summed E-state index contributed by atoms with van der Waals surface area (Å²) in [7, 11) is 0. The highest BCUT2D eigenvalue weighted by molar-refractivity contribution is 6.05. The van der Waals surface area contributed by atoms with E-state index in [1.807, 2.05) is 0 Å². The van der Waals surface area contributed by atoms with Gasteiger partial charge in [0.15, 0.2) is 11.5 Å². The second kappa shape index (κ2) is 5.19. The van der Waals surface area contributed by atoms with Crippen LogP contribution in [0.5, 0.6) is 5.75 Å². The third kappa shape index (κ3) is 2.11. The van der Waals surface area contributed by atoms with Gasteiger partial charge in [0.2, 0.25) is 5.43 Å². The van der Waals surface area contributed by atoms with Crippen molar-refractivity contribution in [3.8, 4) is 5.75 Å². The summed E-state index contributed by atoms with van der Waals surface area (Å²) < 4.78 is 21.5. The summed E-state index contributed by atoms with van der Waals surface area (Å²) in [5.41, 5.74) is -1.16. The van der Waals surface area contributed by atoms with E-state index in [-0.39, 0.29) is 41.3 Å². The van der Waals surface area contributed by atoms with Gasteiger partial charge >= 0.3 is 5.97 Å². The lowest BCUT2D eigenvalue weighted by molar-refractivity contribution is 0.0694. The van der Waals surface area contributed by atoms with E-state index in [0.29, 0.717) is 0 Å². The Bertz CT molecular complexity index is 915. The van der Waals surface area contributed by atoms with E-state index < -0.39 is 28.6 Å². The Morgan fingerprint density at radius 1 is 1.48 bits per heavy atom. The molecule has 2 aromatic rings. The molecule has 1 N–H and O–H groups in total. The van der Waals surface area contributed by atoms with Crippen molar-refractivity contribution in [2.45, 2.75) is 26.3 Å². The Labute approximate surface area is 130 Å². The first kappa shape index (κ1) is 15.2. The predicted octanol–water partition coefficient (Wildman–Crippen LogP) is 2.38. The maximum Gasteiger partial charge on any atom is 0.341 e. The number of Topliss-reactive ketones (excluding diaryl/α,β-unsaturated/α-hetero) is 1. The number of aromatic carboxylic acids is 1. The number of nitrogens with zero attached hydrogens (tertiary/aromatic N) is 1. The highest BCUT2D eigenvalue weighted by atomic mass is 19.1. The first-order valence-corrected chi connectivity index (χ1v) is 7.17. The van der Waals surface area contributed by atoms with Crippen LogP contribution in [0, 0.1) is 5.82 Å². The van der Waals surface area contributed by atoms with Crippen LogP contribution in [0.2, 0.25) is 0 Å². The molecule has 0 radical (unpaired) electrons. The second-order valence-electron chi connectivity index (χ2n) is 5.48. The molecule has 7 heteroatoms. The highest BCUT2D eigenvalue weighted by Crippen LogP contribution is 2.36. The number of carbonyl (C=O) groups excluding carboxylic acids is 1. The lowest BCUT2D eigenvalue weighted by atomic mass is 10.0. The molecule has 23 heavy (non-hydrogen) atoms. The molecule has 3 rings (SSSR count). The summed E-state index contributed by atoms with van der Waals surface area (Å²) in [6.45, 7) is 3.53. The normalized spacial score (nSPS) is 16.2. The predicted molar refractivity (Wildman–Crippen MR) is 80.0 cm³/mol. The molecule has 0 aliphatic carbocycles. The van der Waals surface area contributed by atoms with Crippen LogP contribution >= 0.6 is 0 Å². The van der Waals surface area contributed by atoms with E-state index in [1.54, 1.807) is 18.4 Å². The Balaban J connectivity index is 2.53. The van der Waals surface area contributed by atoms with Crippen LogP contribution in [-0.2, 0) is 0 Å². The minimum absolute atomic E-state index is 0.0130. The number of carboxylic acid groups (broad SMARTS) is 1. The molecule has 0 unspecified atom stereocenters. The number of halogens is 1. The number of hydrogen-bond donors (Lipinski definition) is 1. The molecule has 1 atom stereocenters. The zero-order chi connectivity index (χ0) is 16.9. The molecule has 0 saturated heterocycles. The molecule has 0 saturated carbocycles. The van der Waals surface area contributed by atoms with Gasteiger partial charge in [0.05, 0.1) is 22.5 Å². The molecule has 1 aliphatic heterocycles. The first-order valence-electron chi connectivity index (χ1n) is 7.17. The van der Waals surface area contributed by atoms with Crippen molar-refractivity contribution in [3.05, 3.63) is 39.4 Å². The maximum atomic E-state index is 14.4. The summed E-state index contributed by atoms with van der Waals surface area (Å²) in [6.07, 6.45) is 1.31. The van der Waals surface area contributed by atoms with E-state index in [0.717, 1.165) is 6.07 Å². The fourth-order valence-corrected chi connectivity index (χ4v) is 2.81. The van der Waals surface area contributed by atoms with Crippen molar-refractivity contribution in [1.29, 1.82) is 0 Å². The van der Waals surface area contributed by atoms with Gasteiger partial charge in [-0.05, 0) is 13.0 Å². The minimum atomic E-state index is -1.38. The van der Waals surface area contributed by atoms with E-state index in [2.05, 4.69) is 0 Å². The Morgan fingerprint density at radius 2 is 2.17 bits per heavy atom. The third-order valence-corrected chi connectivity index (χ3v) is 4.00. The number of ketones is 1.